The van der Waals surface area contributed by atoms with Crippen molar-refractivity contribution in [2.45, 2.75) is 6.54 Å². The molecule has 0 fully saturated rings. The second-order valence-corrected chi connectivity index (χ2v) is 6.19. The second-order valence-electron chi connectivity index (χ2n) is 6.19. The van der Waals surface area contributed by atoms with E-state index < -0.39 is 0 Å². The van der Waals surface area contributed by atoms with Crippen LogP contribution in [0.2, 0.25) is 0 Å². The lowest BCUT2D eigenvalue weighted by Gasteiger charge is -2.06. The van der Waals surface area contributed by atoms with Crippen molar-refractivity contribution in [3.05, 3.63) is 54.2 Å². The van der Waals surface area contributed by atoms with Gasteiger partial charge in [-0.15, -0.1) is 0 Å². The predicted molar refractivity (Wildman–Crippen MR) is 94.0 cm³/mol. The van der Waals surface area contributed by atoms with Gasteiger partial charge in [0.25, 0.3) is 5.91 Å². The molecule has 0 saturated carbocycles. The van der Waals surface area contributed by atoms with Crippen LogP contribution in [0.15, 0.2) is 48.7 Å². The van der Waals surface area contributed by atoms with E-state index in [1.165, 1.54) is 10.9 Å². The highest BCUT2D eigenvalue weighted by Gasteiger charge is 2.23. The molecule has 1 aliphatic heterocycles. The summed E-state index contributed by atoms with van der Waals surface area (Å²) >= 11 is 0. The highest BCUT2D eigenvalue weighted by atomic mass is 16.1. The fraction of sp³-hybridized carbons (Fsp3) is 0.158. The fourth-order valence-electron chi connectivity index (χ4n) is 3.69. The SMILES string of the molecule is Cn1cc(-c2nc3cccc4c3n2CCNC4=O)c2ccccc21. The summed E-state index contributed by atoms with van der Waals surface area (Å²) in [5.74, 6) is 0.898. The molecule has 24 heavy (non-hydrogen) atoms. The number of amides is 1. The molecule has 0 atom stereocenters. The molecule has 0 spiro atoms. The molecule has 0 aliphatic carbocycles. The first-order valence-corrected chi connectivity index (χ1v) is 8.06. The summed E-state index contributed by atoms with van der Waals surface area (Å²) in [6.45, 7) is 1.33. The molecular weight excluding hydrogens is 300 g/mol. The summed E-state index contributed by atoms with van der Waals surface area (Å²) in [7, 11) is 2.05. The lowest BCUT2D eigenvalue weighted by molar-refractivity contribution is 0.0956. The Hall–Kier alpha value is -3.08. The number of carbonyl (C=O) groups is 1. The molecule has 0 radical (unpaired) electrons. The zero-order valence-corrected chi connectivity index (χ0v) is 13.3. The van der Waals surface area contributed by atoms with Gasteiger partial charge in [-0.1, -0.05) is 24.3 Å². The number of hydrogen-bond donors (Lipinski definition) is 1. The molecule has 5 nitrogen and oxygen atoms in total. The summed E-state index contributed by atoms with van der Waals surface area (Å²) in [6, 6.07) is 14.1. The van der Waals surface area contributed by atoms with Gasteiger partial charge in [0, 0.05) is 42.8 Å². The first-order valence-electron chi connectivity index (χ1n) is 8.06. The van der Waals surface area contributed by atoms with Gasteiger partial charge in [-0.3, -0.25) is 4.79 Å². The van der Waals surface area contributed by atoms with Crippen LogP contribution in [0.3, 0.4) is 0 Å². The molecule has 1 aliphatic rings. The maximum absolute atomic E-state index is 12.3. The Labute approximate surface area is 138 Å². The maximum atomic E-state index is 12.3. The second kappa shape index (κ2) is 4.71. The van der Waals surface area contributed by atoms with Crippen molar-refractivity contribution in [2.24, 2.45) is 7.05 Å². The number of hydrogen-bond acceptors (Lipinski definition) is 2. The Morgan fingerprint density at radius 1 is 1.08 bits per heavy atom. The lowest BCUT2D eigenvalue weighted by Crippen LogP contribution is -2.24. The summed E-state index contributed by atoms with van der Waals surface area (Å²) < 4.78 is 4.29. The zero-order chi connectivity index (χ0) is 16.3. The Balaban J connectivity index is 1.89. The van der Waals surface area contributed by atoms with Gasteiger partial charge in [-0.25, -0.2) is 4.98 Å². The van der Waals surface area contributed by atoms with E-state index in [-0.39, 0.29) is 5.91 Å². The topological polar surface area (TPSA) is 51.9 Å². The third-order valence-corrected chi connectivity index (χ3v) is 4.77. The minimum absolute atomic E-state index is 0.0243. The number of benzene rings is 2. The largest absolute Gasteiger partial charge is 0.350 e. The van der Waals surface area contributed by atoms with Gasteiger partial charge in [-0.2, -0.15) is 0 Å². The number of imidazole rings is 1. The van der Waals surface area contributed by atoms with E-state index in [0.717, 1.165) is 29.0 Å². The van der Waals surface area contributed by atoms with Crippen LogP contribution in [0, 0.1) is 0 Å². The number of para-hydroxylation sites is 2. The van der Waals surface area contributed by atoms with Crippen molar-refractivity contribution < 1.29 is 4.79 Å². The van der Waals surface area contributed by atoms with Crippen molar-refractivity contribution in [1.82, 2.24) is 19.4 Å². The quantitative estimate of drug-likeness (QED) is 0.587. The van der Waals surface area contributed by atoms with E-state index in [9.17, 15) is 4.79 Å². The third-order valence-electron chi connectivity index (χ3n) is 4.77. The molecule has 0 unspecified atom stereocenters. The zero-order valence-electron chi connectivity index (χ0n) is 13.3. The van der Waals surface area contributed by atoms with Crippen LogP contribution in [-0.2, 0) is 13.6 Å². The van der Waals surface area contributed by atoms with Crippen molar-refractivity contribution >= 4 is 27.8 Å². The molecule has 4 aromatic rings. The Morgan fingerprint density at radius 3 is 2.88 bits per heavy atom. The standard InChI is InChI=1S/C19H16N4O/c1-22-11-14(12-5-2-3-8-16(12)22)18-21-15-7-4-6-13-17(15)23(18)10-9-20-19(13)24/h2-8,11H,9-10H2,1H3,(H,20,24). The lowest BCUT2D eigenvalue weighted by atomic mass is 10.1. The van der Waals surface area contributed by atoms with Crippen molar-refractivity contribution in [1.29, 1.82) is 0 Å². The number of nitrogens with one attached hydrogen (secondary N) is 1. The molecule has 0 saturated heterocycles. The monoisotopic (exact) mass is 316 g/mol. The Morgan fingerprint density at radius 2 is 1.96 bits per heavy atom. The van der Waals surface area contributed by atoms with Crippen LogP contribution in [0.4, 0.5) is 0 Å². The van der Waals surface area contributed by atoms with Crippen LogP contribution in [0.1, 0.15) is 10.4 Å². The third kappa shape index (κ3) is 1.69. The predicted octanol–water partition coefficient (Wildman–Crippen LogP) is 2.94. The highest BCUT2D eigenvalue weighted by Crippen LogP contribution is 2.33. The number of fused-ring (bicyclic) bond motifs is 1. The van der Waals surface area contributed by atoms with E-state index in [4.69, 9.17) is 4.98 Å². The number of aryl methyl sites for hydroxylation is 1. The van der Waals surface area contributed by atoms with Gasteiger partial charge in [0.2, 0.25) is 0 Å². The van der Waals surface area contributed by atoms with Crippen molar-refractivity contribution in [2.75, 3.05) is 6.54 Å². The Kier molecular flexibility index (Phi) is 2.62. The molecule has 3 heterocycles. The number of carbonyl (C=O) groups excluding carboxylic acids is 1. The van der Waals surface area contributed by atoms with Crippen LogP contribution in [0.25, 0.3) is 33.3 Å². The molecule has 5 rings (SSSR count). The minimum atomic E-state index is -0.0243. The van der Waals surface area contributed by atoms with Gasteiger partial charge in [0.05, 0.1) is 16.6 Å². The summed E-state index contributed by atoms with van der Waals surface area (Å²) in [5, 5.41) is 4.14. The molecule has 5 heteroatoms. The number of nitrogens with zero attached hydrogens (tertiary/aromatic N) is 3. The average Bonchev–Trinajstić information content (AvgIpc) is 3.07. The smallest absolute Gasteiger partial charge is 0.253 e. The number of rotatable bonds is 1. The van der Waals surface area contributed by atoms with Gasteiger partial charge in [0.15, 0.2) is 0 Å². The highest BCUT2D eigenvalue weighted by molar-refractivity contribution is 6.07. The van der Waals surface area contributed by atoms with E-state index >= 15 is 0 Å². The van der Waals surface area contributed by atoms with Crippen LogP contribution in [-0.4, -0.2) is 26.6 Å². The average molecular weight is 316 g/mol. The normalized spacial score (nSPS) is 14.1. The molecule has 2 aromatic heterocycles. The molecule has 118 valence electrons. The van der Waals surface area contributed by atoms with Gasteiger partial charge < -0.3 is 14.5 Å². The summed E-state index contributed by atoms with van der Waals surface area (Å²) in [6.07, 6.45) is 2.12. The van der Waals surface area contributed by atoms with Crippen LogP contribution in [0.5, 0.6) is 0 Å². The summed E-state index contributed by atoms with van der Waals surface area (Å²) in [4.78, 5) is 17.2. The van der Waals surface area contributed by atoms with Gasteiger partial charge >= 0.3 is 0 Å². The summed E-state index contributed by atoms with van der Waals surface area (Å²) in [5.41, 5.74) is 4.77. The van der Waals surface area contributed by atoms with Crippen molar-refractivity contribution in [3.63, 3.8) is 0 Å². The molecular formula is C19H16N4O. The number of aromatic nitrogens is 3. The Bertz CT molecular complexity index is 1120. The molecule has 1 amide bonds. The van der Waals surface area contributed by atoms with E-state index in [1.807, 2.05) is 37.4 Å². The van der Waals surface area contributed by atoms with Gasteiger partial charge in [-0.05, 0) is 18.2 Å². The molecule has 0 bridgehead atoms. The first kappa shape index (κ1) is 13.4. The maximum Gasteiger partial charge on any atom is 0.253 e. The van der Waals surface area contributed by atoms with E-state index in [1.54, 1.807) is 0 Å². The fourth-order valence-corrected chi connectivity index (χ4v) is 3.69. The minimum Gasteiger partial charge on any atom is -0.350 e. The molecule has 1 N–H and O–H groups in total. The van der Waals surface area contributed by atoms with Crippen LogP contribution >= 0.6 is 0 Å². The van der Waals surface area contributed by atoms with E-state index in [0.29, 0.717) is 12.1 Å². The van der Waals surface area contributed by atoms with Gasteiger partial charge in [0.1, 0.15) is 5.82 Å². The van der Waals surface area contributed by atoms with Crippen molar-refractivity contribution in [3.8, 4) is 11.4 Å². The van der Waals surface area contributed by atoms with E-state index in [2.05, 4.69) is 32.8 Å². The van der Waals surface area contributed by atoms with Crippen LogP contribution < -0.4 is 5.32 Å². The first-order chi connectivity index (χ1) is 11.7. The molecule has 2 aromatic carbocycles.